The second-order valence-electron chi connectivity index (χ2n) is 22.1. The maximum Gasteiger partial charge on any atom is 0.162 e. The lowest BCUT2D eigenvalue weighted by Crippen LogP contribution is -2.09. The van der Waals surface area contributed by atoms with Gasteiger partial charge >= 0.3 is 0 Å². The molecule has 5 heterocycles. The van der Waals surface area contributed by atoms with Gasteiger partial charge in [-0.25, -0.2) is 24.9 Å². The molecule has 0 amide bonds. The Hall–Kier alpha value is -11.7. The molecule has 0 fully saturated rings. The number of fused-ring (bicyclic) bond motifs is 6. The highest BCUT2D eigenvalue weighted by Crippen LogP contribution is 2.46. The van der Waals surface area contributed by atoms with Crippen LogP contribution in [0.1, 0.15) is 5.56 Å². The molecule has 11 aromatic carbocycles. The van der Waals surface area contributed by atoms with E-state index in [0.717, 1.165) is 145 Å². The molecule has 0 radical (unpaired) electrons. The molecule has 7 heteroatoms. The van der Waals surface area contributed by atoms with Gasteiger partial charge in [0.15, 0.2) is 11.6 Å². The van der Waals surface area contributed by atoms with Gasteiger partial charge in [-0.2, -0.15) is 0 Å². The molecule has 0 saturated carbocycles. The highest BCUT2D eigenvalue weighted by Gasteiger charge is 2.28. The SMILES string of the molecule is Cc1ccc2c(c1)c1ccccc1n2-c1cc(-c2nc(-c3ccccc3)cc(-c3ccccc3)n2)cc(-c2nc(-c3ccccc3)cc(-c3ccccc3)n2)c1-n1c2ccc(-c3ccccc3)cc2c2cc(-c3cccc(-c4ccccc4)n3)ccc21. The molecule has 0 atom stereocenters. The topological polar surface area (TPSA) is 74.3 Å². The summed E-state index contributed by atoms with van der Waals surface area (Å²) in [6.07, 6.45) is 0. The van der Waals surface area contributed by atoms with E-state index in [4.69, 9.17) is 24.9 Å². The van der Waals surface area contributed by atoms with Crippen molar-refractivity contribution in [2.24, 2.45) is 0 Å². The molecule has 0 bridgehead atoms. The predicted octanol–water partition coefficient (Wildman–Crippen LogP) is 20.2. The lowest BCUT2D eigenvalue weighted by atomic mass is 10.0. The number of pyridine rings is 1. The summed E-state index contributed by atoms with van der Waals surface area (Å²) in [6, 6.07) is 107. The lowest BCUT2D eigenvalue weighted by molar-refractivity contribution is 1.08. The minimum atomic E-state index is 0.543. The first kappa shape index (κ1) is 51.0. The van der Waals surface area contributed by atoms with Crippen molar-refractivity contribution in [2.75, 3.05) is 0 Å². The third kappa shape index (κ3) is 9.31. The zero-order chi connectivity index (χ0) is 57.8. The van der Waals surface area contributed by atoms with Gasteiger partial charge in [0.25, 0.3) is 0 Å². The van der Waals surface area contributed by atoms with Crippen LogP contribution in [0.3, 0.4) is 0 Å². The minimum absolute atomic E-state index is 0.543. The number of hydrogen-bond donors (Lipinski definition) is 0. The van der Waals surface area contributed by atoms with Crippen LogP contribution in [0.15, 0.2) is 303 Å². The van der Waals surface area contributed by atoms with E-state index in [2.05, 4.69) is 289 Å². The van der Waals surface area contributed by atoms with Crippen LogP contribution in [-0.4, -0.2) is 34.1 Å². The Morgan fingerprint density at radius 2 is 0.632 bits per heavy atom. The fraction of sp³-hybridized carbons (Fsp3) is 0.0125. The molecule has 5 aromatic heterocycles. The van der Waals surface area contributed by atoms with Crippen molar-refractivity contribution in [3.05, 3.63) is 309 Å². The van der Waals surface area contributed by atoms with E-state index in [-0.39, 0.29) is 0 Å². The molecule has 0 aliphatic rings. The zero-order valence-electron chi connectivity index (χ0n) is 47.5. The molecular weight excluding hydrogens is 1060 g/mol. The van der Waals surface area contributed by atoms with E-state index in [1.54, 1.807) is 0 Å². The first-order valence-corrected chi connectivity index (χ1v) is 29.4. The summed E-state index contributed by atoms with van der Waals surface area (Å²) in [7, 11) is 0. The van der Waals surface area contributed by atoms with Crippen LogP contribution in [0.5, 0.6) is 0 Å². The van der Waals surface area contributed by atoms with Crippen molar-refractivity contribution < 1.29 is 0 Å². The van der Waals surface area contributed by atoms with Crippen LogP contribution in [0.2, 0.25) is 0 Å². The fourth-order valence-corrected chi connectivity index (χ4v) is 12.4. The van der Waals surface area contributed by atoms with E-state index in [1.165, 1.54) is 5.56 Å². The minimum Gasteiger partial charge on any atom is -0.307 e. The average Bonchev–Trinajstić information content (AvgIpc) is 1.78. The van der Waals surface area contributed by atoms with Gasteiger partial charge in [-0.05, 0) is 96.9 Å². The second-order valence-corrected chi connectivity index (χ2v) is 22.1. The third-order valence-electron chi connectivity index (χ3n) is 16.6. The van der Waals surface area contributed by atoms with Gasteiger partial charge in [0.1, 0.15) is 0 Å². The molecular formula is C80H53N7. The summed E-state index contributed by atoms with van der Waals surface area (Å²) >= 11 is 0. The fourth-order valence-electron chi connectivity index (χ4n) is 12.4. The first-order chi connectivity index (χ1) is 43.0. The summed E-state index contributed by atoms with van der Waals surface area (Å²) in [5.74, 6) is 1.11. The third-order valence-corrected chi connectivity index (χ3v) is 16.6. The van der Waals surface area contributed by atoms with Gasteiger partial charge in [0.2, 0.25) is 0 Å². The van der Waals surface area contributed by atoms with Crippen molar-refractivity contribution in [3.63, 3.8) is 0 Å². The second kappa shape index (κ2) is 21.5. The highest BCUT2D eigenvalue weighted by atomic mass is 15.1. The lowest BCUT2D eigenvalue weighted by Gasteiger charge is -2.22. The largest absolute Gasteiger partial charge is 0.307 e. The molecule has 0 spiro atoms. The highest BCUT2D eigenvalue weighted by molar-refractivity contribution is 6.14. The van der Waals surface area contributed by atoms with Crippen molar-refractivity contribution in [1.29, 1.82) is 0 Å². The number of aromatic nitrogens is 7. The number of para-hydroxylation sites is 1. The molecule has 0 aliphatic heterocycles. The Morgan fingerprint density at radius 1 is 0.230 bits per heavy atom. The van der Waals surface area contributed by atoms with E-state index in [9.17, 15) is 0 Å². The van der Waals surface area contributed by atoms with Crippen LogP contribution in [0, 0.1) is 6.92 Å². The standard InChI is InChI=1S/C80H53N7/c1-52-39-42-74-63(45-52)62-35-20-21-38-73(62)86(74)77-49-61(79-82-69(55-27-12-4-13-28-55)50-70(83-79)56-29-14-5-15-30-56)48-66(80-84-71(57-31-16-6-17-32-57)51-72(85-80)58-33-18-7-19-34-58)78(77)87-75-43-40-59(53-23-8-2-9-24-53)46-64(75)65-47-60(41-44-76(65)87)68-37-22-36-67(81-68)54-25-10-3-11-26-54/h2-51H,1H3. The van der Waals surface area contributed by atoms with Crippen molar-refractivity contribution >= 4 is 43.6 Å². The molecule has 87 heavy (non-hydrogen) atoms. The van der Waals surface area contributed by atoms with Crippen LogP contribution in [0.4, 0.5) is 0 Å². The number of aryl methyl sites for hydroxylation is 1. The smallest absolute Gasteiger partial charge is 0.162 e. The van der Waals surface area contributed by atoms with Gasteiger partial charge in [0.05, 0.1) is 67.6 Å². The van der Waals surface area contributed by atoms with E-state index in [1.807, 2.05) is 30.3 Å². The maximum atomic E-state index is 5.71. The summed E-state index contributed by atoms with van der Waals surface area (Å²) in [4.78, 5) is 27.8. The van der Waals surface area contributed by atoms with Gasteiger partial charge in [-0.3, -0.25) is 0 Å². The Balaban J connectivity index is 1.08. The van der Waals surface area contributed by atoms with Crippen molar-refractivity contribution in [2.45, 2.75) is 6.92 Å². The summed E-state index contributed by atoms with van der Waals surface area (Å²) in [5.41, 5.74) is 21.9. The van der Waals surface area contributed by atoms with Gasteiger partial charge in [-0.15, -0.1) is 0 Å². The van der Waals surface area contributed by atoms with Crippen molar-refractivity contribution in [1.82, 2.24) is 34.1 Å². The normalized spacial score (nSPS) is 11.5. The Labute approximate surface area is 503 Å². The van der Waals surface area contributed by atoms with Crippen molar-refractivity contribution in [3.8, 4) is 113 Å². The molecule has 16 rings (SSSR count). The van der Waals surface area contributed by atoms with Gasteiger partial charge in [0, 0.05) is 66.1 Å². The maximum absolute atomic E-state index is 5.71. The number of hydrogen-bond acceptors (Lipinski definition) is 5. The van der Waals surface area contributed by atoms with E-state index in [0.29, 0.717) is 11.6 Å². The molecule has 16 aromatic rings. The predicted molar refractivity (Wildman–Crippen MR) is 358 cm³/mol. The molecule has 0 aliphatic carbocycles. The molecule has 0 unspecified atom stereocenters. The van der Waals surface area contributed by atoms with E-state index < -0.39 is 0 Å². The monoisotopic (exact) mass is 1110 g/mol. The molecule has 0 N–H and O–H groups in total. The Kier molecular flexibility index (Phi) is 12.6. The average molecular weight is 1110 g/mol. The Morgan fingerprint density at radius 3 is 1.17 bits per heavy atom. The summed E-state index contributed by atoms with van der Waals surface area (Å²) in [5, 5.41) is 4.44. The van der Waals surface area contributed by atoms with Gasteiger partial charge in [-0.1, -0.05) is 230 Å². The van der Waals surface area contributed by atoms with Gasteiger partial charge < -0.3 is 9.13 Å². The summed E-state index contributed by atoms with van der Waals surface area (Å²) in [6.45, 7) is 2.17. The van der Waals surface area contributed by atoms with Crippen LogP contribution < -0.4 is 0 Å². The number of benzene rings is 11. The molecule has 408 valence electrons. The summed E-state index contributed by atoms with van der Waals surface area (Å²) < 4.78 is 4.89. The Bertz CT molecular complexity index is 5140. The number of rotatable bonds is 11. The molecule has 7 nitrogen and oxygen atoms in total. The van der Waals surface area contributed by atoms with Crippen LogP contribution >= 0.6 is 0 Å². The molecule has 0 saturated heterocycles. The van der Waals surface area contributed by atoms with Crippen LogP contribution in [0.25, 0.3) is 156 Å². The quantitative estimate of drug-likeness (QED) is 0.129. The van der Waals surface area contributed by atoms with E-state index >= 15 is 0 Å². The first-order valence-electron chi connectivity index (χ1n) is 29.4. The van der Waals surface area contributed by atoms with Crippen LogP contribution in [-0.2, 0) is 0 Å². The number of nitrogens with zero attached hydrogens (tertiary/aromatic N) is 7. The zero-order valence-corrected chi connectivity index (χ0v) is 47.5.